The van der Waals surface area contributed by atoms with Gasteiger partial charge in [0.25, 0.3) is 5.91 Å². The molecule has 0 aliphatic carbocycles. The molecule has 1 N–H and O–H groups in total. The first kappa shape index (κ1) is 12.3. The lowest BCUT2D eigenvalue weighted by molar-refractivity contribution is 0.102. The van der Waals surface area contributed by atoms with E-state index >= 15 is 0 Å². The second kappa shape index (κ2) is 5.00. The fraction of sp³-hybridized carbons (Fsp3) is 0.133. The first-order valence-electron chi connectivity index (χ1n) is 5.71. The van der Waals surface area contributed by atoms with Crippen LogP contribution in [-0.4, -0.2) is 5.91 Å². The third kappa shape index (κ3) is 2.40. The minimum atomic E-state index is -0.434. The van der Waals surface area contributed by atoms with Crippen molar-refractivity contribution in [3.05, 3.63) is 65.0 Å². The van der Waals surface area contributed by atoms with Crippen molar-refractivity contribution in [2.75, 3.05) is 5.32 Å². The van der Waals surface area contributed by atoms with Crippen molar-refractivity contribution in [3.8, 4) is 0 Å². The number of halogens is 1. The van der Waals surface area contributed by atoms with E-state index in [-0.39, 0.29) is 11.6 Å². The van der Waals surface area contributed by atoms with Gasteiger partial charge >= 0.3 is 0 Å². The average Bonchev–Trinajstić information content (AvgIpc) is 2.35. The Labute approximate surface area is 105 Å². The maximum absolute atomic E-state index is 13.4. The van der Waals surface area contributed by atoms with Crippen molar-refractivity contribution in [2.45, 2.75) is 13.8 Å². The van der Waals surface area contributed by atoms with Gasteiger partial charge in [0.05, 0.1) is 5.69 Å². The highest BCUT2D eigenvalue weighted by molar-refractivity contribution is 6.05. The van der Waals surface area contributed by atoms with Gasteiger partial charge in [0, 0.05) is 5.56 Å². The topological polar surface area (TPSA) is 29.1 Å². The van der Waals surface area contributed by atoms with E-state index in [0.717, 1.165) is 11.1 Å². The van der Waals surface area contributed by atoms with Crippen molar-refractivity contribution in [2.24, 2.45) is 0 Å². The number of amides is 1. The van der Waals surface area contributed by atoms with E-state index < -0.39 is 5.82 Å². The largest absolute Gasteiger partial charge is 0.319 e. The van der Waals surface area contributed by atoms with Crippen LogP contribution < -0.4 is 5.32 Å². The molecule has 0 saturated carbocycles. The summed E-state index contributed by atoms with van der Waals surface area (Å²) in [5.41, 5.74) is 2.71. The van der Waals surface area contributed by atoms with E-state index in [1.165, 1.54) is 6.07 Å². The monoisotopic (exact) mass is 243 g/mol. The Hall–Kier alpha value is -2.16. The molecule has 0 saturated heterocycles. The lowest BCUT2D eigenvalue weighted by Crippen LogP contribution is -2.14. The molecule has 0 atom stereocenters. The SMILES string of the molecule is Cc1cccc(C(=O)Nc2ccccc2F)c1C. The Morgan fingerprint density at radius 1 is 1.06 bits per heavy atom. The van der Waals surface area contributed by atoms with Crippen molar-refractivity contribution in [1.82, 2.24) is 0 Å². The van der Waals surface area contributed by atoms with Crippen LogP contribution in [0, 0.1) is 19.7 Å². The lowest BCUT2D eigenvalue weighted by atomic mass is 10.0. The van der Waals surface area contributed by atoms with Gasteiger partial charge in [-0.1, -0.05) is 24.3 Å². The zero-order valence-corrected chi connectivity index (χ0v) is 10.3. The molecule has 92 valence electrons. The third-order valence-corrected chi connectivity index (χ3v) is 2.97. The van der Waals surface area contributed by atoms with Crippen LogP contribution in [0.2, 0.25) is 0 Å². The maximum Gasteiger partial charge on any atom is 0.256 e. The summed E-state index contributed by atoms with van der Waals surface area (Å²) >= 11 is 0. The molecule has 0 aliphatic rings. The van der Waals surface area contributed by atoms with Crippen molar-refractivity contribution in [1.29, 1.82) is 0 Å². The quantitative estimate of drug-likeness (QED) is 0.856. The summed E-state index contributed by atoms with van der Waals surface area (Å²) in [4.78, 5) is 12.1. The van der Waals surface area contributed by atoms with Crippen molar-refractivity contribution < 1.29 is 9.18 Å². The molecule has 0 bridgehead atoms. The van der Waals surface area contributed by atoms with Crippen LogP contribution in [0.1, 0.15) is 21.5 Å². The number of carbonyl (C=O) groups is 1. The first-order chi connectivity index (χ1) is 8.59. The molecule has 1 amide bonds. The van der Waals surface area contributed by atoms with Crippen LogP contribution >= 0.6 is 0 Å². The molecule has 2 aromatic rings. The van der Waals surface area contributed by atoms with E-state index in [1.54, 1.807) is 24.3 Å². The highest BCUT2D eigenvalue weighted by atomic mass is 19.1. The first-order valence-corrected chi connectivity index (χ1v) is 5.71. The summed E-state index contributed by atoms with van der Waals surface area (Å²) in [6, 6.07) is 11.6. The van der Waals surface area contributed by atoms with Crippen LogP contribution in [0.5, 0.6) is 0 Å². The van der Waals surface area contributed by atoms with E-state index in [9.17, 15) is 9.18 Å². The Bertz CT molecular complexity index is 593. The smallest absolute Gasteiger partial charge is 0.256 e. The van der Waals surface area contributed by atoms with E-state index in [2.05, 4.69) is 5.32 Å². The highest BCUT2D eigenvalue weighted by Gasteiger charge is 2.11. The fourth-order valence-corrected chi connectivity index (χ4v) is 1.75. The normalized spacial score (nSPS) is 10.2. The molecule has 2 nitrogen and oxygen atoms in total. The van der Waals surface area contributed by atoms with Crippen LogP contribution in [0.3, 0.4) is 0 Å². The maximum atomic E-state index is 13.4. The van der Waals surface area contributed by atoms with Gasteiger partial charge in [-0.05, 0) is 43.2 Å². The molecule has 0 unspecified atom stereocenters. The zero-order chi connectivity index (χ0) is 13.1. The summed E-state index contributed by atoms with van der Waals surface area (Å²) in [5, 5.41) is 2.58. The zero-order valence-electron chi connectivity index (χ0n) is 10.3. The number of hydrogen-bond donors (Lipinski definition) is 1. The van der Waals surface area contributed by atoms with Gasteiger partial charge in [0.2, 0.25) is 0 Å². The van der Waals surface area contributed by atoms with Gasteiger partial charge in [-0.3, -0.25) is 4.79 Å². The average molecular weight is 243 g/mol. The molecule has 18 heavy (non-hydrogen) atoms. The molecule has 2 rings (SSSR count). The molecular formula is C15H14FNO. The molecular weight excluding hydrogens is 229 g/mol. The van der Waals surface area contributed by atoms with E-state index in [4.69, 9.17) is 0 Å². The molecule has 0 heterocycles. The van der Waals surface area contributed by atoms with Crippen LogP contribution in [0.15, 0.2) is 42.5 Å². The highest BCUT2D eigenvalue weighted by Crippen LogP contribution is 2.17. The van der Waals surface area contributed by atoms with Crippen LogP contribution in [0.25, 0.3) is 0 Å². The Balaban J connectivity index is 2.28. The second-order valence-electron chi connectivity index (χ2n) is 4.18. The van der Waals surface area contributed by atoms with Crippen molar-refractivity contribution >= 4 is 11.6 Å². The molecule has 0 spiro atoms. The Morgan fingerprint density at radius 3 is 2.50 bits per heavy atom. The van der Waals surface area contributed by atoms with Crippen LogP contribution in [-0.2, 0) is 0 Å². The Kier molecular flexibility index (Phi) is 3.42. The number of benzene rings is 2. The summed E-state index contributed by atoms with van der Waals surface area (Å²) in [6.45, 7) is 3.82. The number of nitrogens with one attached hydrogen (secondary N) is 1. The molecule has 0 aromatic heterocycles. The molecule has 0 radical (unpaired) electrons. The fourth-order valence-electron chi connectivity index (χ4n) is 1.75. The summed E-state index contributed by atoms with van der Waals surface area (Å²) < 4.78 is 13.4. The summed E-state index contributed by atoms with van der Waals surface area (Å²) in [7, 11) is 0. The van der Waals surface area contributed by atoms with Gasteiger partial charge in [0.1, 0.15) is 5.82 Å². The number of aryl methyl sites for hydroxylation is 1. The number of anilines is 1. The van der Waals surface area contributed by atoms with Gasteiger partial charge in [0.15, 0.2) is 0 Å². The number of rotatable bonds is 2. The molecule has 0 aliphatic heterocycles. The predicted molar refractivity (Wildman–Crippen MR) is 70.3 cm³/mol. The molecule has 3 heteroatoms. The lowest BCUT2D eigenvalue weighted by Gasteiger charge is -2.09. The van der Waals surface area contributed by atoms with Gasteiger partial charge < -0.3 is 5.32 Å². The van der Waals surface area contributed by atoms with Gasteiger partial charge in [-0.2, -0.15) is 0 Å². The van der Waals surface area contributed by atoms with Crippen molar-refractivity contribution in [3.63, 3.8) is 0 Å². The number of hydrogen-bond acceptors (Lipinski definition) is 1. The minimum Gasteiger partial charge on any atom is -0.319 e. The summed E-state index contributed by atoms with van der Waals surface area (Å²) in [6.07, 6.45) is 0. The van der Waals surface area contributed by atoms with E-state index in [1.807, 2.05) is 26.0 Å². The second-order valence-corrected chi connectivity index (χ2v) is 4.18. The standard InChI is InChI=1S/C15H14FNO/c1-10-6-5-7-12(11(10)2)15(18)17-14-9-4-3-8-13(14)16/h3-9H,1-2H3,(H,17,18). The van der Waals surface area contributed by atoms with Gasteiger partial charge in [-0.25, -0.2) is 4.39 Å². The predicted octanol–water partition coefficient (Wildman–Crippen LogP) is 3.69. The van der Waals surface area contributed by atoms with E-state index in [0.29, 0.717) is 5.56 Å². The van der Waals surface area contributed by atoms with Crippen LogP contribution in [0.4, 0.5) is 10.1 Å². The third-order valence-electron chi connectivity index (χ3n) is 2.97. The minimum absolute atomic E-state index is 0.198. The number of carbonyl (C=O) groups excluding carboxylic acids is 1. The van der Waals surface area contributed by atoms with Gasteiger partial charge in [-0.15, -0.1) is 0 Å². The molecule has 0 fully saturated rings. The number of para-hydroxylation sites is 1. The summed E-state index contributed by atoms with van der Waals surface area (Å²) in [5.74, 6) is -0.725. The molecule has 2 aromatic carbocycles. The Morgan fingerprint density at radius 2 is 1.78 bits per heavy atom.